The van der Waals surface area contributed by atoms with Gasteiger partial charge in [0, 0.05) is 11.5 Å². The lowest BCUT2D eigenvalue weighted by Crippen LogP contribution is -2.18. The molecule has 1 aromatic carbocycles. The maximum absolute atomic E-state index is 11.8. The molecule has 0 bridgehead atoms. The number of carbonyl (C=O) groups is 1. The summed E-state index contributed by atoms with van der Waals surface area (Å²) in [5.41, 5.74) is 2.85. The number of hydrogen-bond donors (Lipinski definition) is 3. The van der Waals surface area contributed by atoms with E-state index in [4.69, 9.17) is 0 Å². The molecule has 1 aliphatic carbocycles. The number of aromatic carboxylic acids is 1. The smallest absolute Gasteiger partial charge is 0.339 e. The van der Waals surface area contributed by atoms with Gasteiger partial charge in [-0.3, -0.25) is 0 Å². The van der Waals surface area contributed by atoms with E-state index < -0.39 is 5.97 Å². The highest BCUT2D eigenvalue weighted by molar-refractivity contribution is 5.94. The van der Waals surface area contributed by atoms with E-state index in [1.165, 1.54) is 11.6 Å². The minimum absolute atomic E-state index is 0.0317. The summed E-state index contributed by atoms with van der Waals surface area (Å²) in [4.78, 5) is 11.8. The number of rotatable bonds is 6. The van der Waals surface area contributed by atoms with Gasteiger partial charge in [-0.25, -0.2) is 4.79 Å². The fraction of sp³-hybridized carbons (Fsp3) is 0.476. The summed E-state index contributed by atoms with van der Waals surface area (Å²) in [6.07, 6.45) is 6.06. The first-order valence-electron chi connectivity index (χ1n) is 8.91. The van der Waals surface area contributed by atoms with Gasteiger partial charge in [0.05, 0.1) is 0 Å². The van der Waals surface area contributed by atoms with Gasteiger partial charge in [-0.1, -0.05) is 37.1 Å². The molecule has 0 amide bonds. The molecule has 0 saturated heterocycles. The van der Waals surface area contributed by atoms with Gasteiger partial charge in [0.25, 0.3) is 0 Å². The maximum Gasteiger partial charge on any atom is 0.339 e. The van der Waals surface area contributed by atoms with Crippen molar-refractivity contribution in [3.63, 3.8) is 0 Å². The molecule has 2 rings (SSSR count). The Morgan fingerprint density at radius 1 is 1.36 bits per heavy atom. The van der Waals surface area contributed by atoms with Crippen molar-refractivity contribution < 1.29 is 20.1 Å². The molecule has 0 aromatic heterocycles. The monoisotopic (exact) mass is 344 g/mol. The number of unbranched alkanes of at least 4 members (excludes halogenated alkanes) is 1. The van der Waals surface area contributed by atoms with E-state index in [1.54, 1.807) is 0 Å². The Kier molecular flexibility index (Phi) is 5.93. The quantitative estimate of drug-likeness (QED) is 0.623. The van der Waals surface area contributed by atoms with Crippen LogP contribution in [0.3, 0.4) is 0 Å². The summed E-state index contributed by atoms with van der Waals surface area (Å²) in [7, 11) is 0. The molecule has 0 aliphatic heterocycles. The predicted octanol–water partition coefficient (Wildman–Crippen LogP) is 5.15. The Morgan fingerprint density at radius 3 is 2.60 bits per heavy atom. The summed E-state index contributed by atoms with van der Waals surface area (Å²) < 4.78 is 0. The van der Waals surface area contributed by atoms with Crippen LogP contribution in [0.25, 0.3) is 0 Å². The second-order valence-corrected chi connectivity index (χ2v) is 7.13. The number of phenols is 2. The topological polar surface area (TPSA) is 77.8 Å². The molecule has 3 N–H and O–H groups in total. The fourth-order valence-electron chi connectivity index (χ4n) is 3.76. The zero-order valence-corrected chi connectivity index (χ0v) is 15.3. The molecular weight excluding hydrogens is 316 g/mol. The normalized spacial score (nSPS) is 20.2. The second-order valence-electron chi connectivity index (χ2n) is 7.13. The van der Waals surface area contributed by atoms with Crippen molar-refractivity contribution in [1.82, 2.24) is 0 Å². The fourth-order valence-corrected chi connectivity index (χ4v) is 3.76. The van der Waals surface area contributed by atoms with E-state index >= 15 is 0 Å². The summed E-state index contributed by atoms with van der Waals surface area (Å²) in [6.45, 7) is 10.0. The summed E-state index contributed by atoms with van der Waals surface area (Å²) >= 11 is 0. The summed E-state index contributed by atoms with van der Waals surface area (Å²) in [5.74, 6) is -1.68. The molecule has 25 heavy (non-hydrogen) atoms. The van der Waals surface area contributed by atoms with Gasteiger partial charge in [0.1, 0.15) is 17.1 Å². The molecule has 1 aromatic rings. The van der Waals surface area contributed by atoms with Gasteiger partial charge in [-0.15, -0.1) is 0 Å². The number of carboxylic acid groups (broad SMARTS) is 1. The van der Waals surface area contributed by atoms with Crippen LogP contribution in [-0.2, 0) is 6.42 Å². The molecule has 0 heterocycles. The number of hydrogen-bond acceptors (Lipinski definition) is 3. The third kappa shape index (κ3) is 3.89. The maximum atomic E-state index is 11.8. The number of aromatic hydroxyl groups is 2. The van der Waals surface area contributed by atoms with Crippen LogP contribution in [0.4, 0.5) is 0 Å². The molecule has 0 spiro atoms. The molecule has 2 atom stereocenters. The van der Waals surface area contributed by atoms with Gasteiger partial charge in [0.15, 0.2) is 0 Å². The molecule has 0 radical (unpaired) electrons. The first kappa shape index (κ1) is 19.1. The molecule has 4 nitrogen and oxygen atoms in total. The molecular formula is C21H28O4. The summed E-state index contributed by atoms with van der Waals surface area (Å²) in [6, 6.07) is 1.52. The molecule has 1 aliphatic rings. The lowest BCUT2D eigenvalue weighted by molar-refractivity contribution is 0.0692. The highest BCUT2D eigenvalue weighted by Crippen LogP contribution is 2.48. The number of benzene rings is 1. The van der Waals surface area contributed by atoms with Crippen molar-refractivity contribution in [3.8, 4) is 11.5 Å². The van der Waals surface area contributed by atoms with E-state index in [0.29, 0.717) is 17.5 Å². The Balaban J connectivity index is 2.64. The Bertz CT molecular complexity index is 715. The standard InChI is InChI=1S/C21H28O4/c1-5-6-7-14-11-17(22)19(20(23)18(14)21(24)25)16-10-13(4)8-9-15(16)12(2)3/h10-11,15-16,22-23H,2,5-9H2,1,3-4H3,(H,24,25)/t15?,16-/m1/s1. The first-order valence-corrected chi connectivity index (χ1v) is 8.91. The zero-order valence-electron chi connectivity index (χ0n) is 15.3. The minimum Gasteiger partial charge on any atom is -0.507 e. The number of phenolic OH excluding ortho intramolecular Hbond substituents is 1. The van der Waals surface area contributed by atoms with E-state index in [0.717, 1.165) is 31.3 Å². The van der Waals surface area contributed by atoms with Crippen molar-refractivity contribution in [2.75, 3.05) is 0 Å². The highest BCUT2D eigenvalue weighted by atomic mass is 16.4. The van der Waals surface area contributed by atoms with Gasteiger partial charge in [-0.2, -0.15) is 0 Å². The minimum atomic E-state index is -1.16. The zero-order chi connectivity index (χ0) is 18.7. The second kappa shape index (κ2) is 7.77. The van der Waals surface area contributed by atoms with Gasteiger partial charge >= 0.3 is 5.97 Å². The largest absolute Gasteiger partial charge is 0.507 e. The molecule has 0 fully saturated rings. The third-order valence-corrected chi connectivity index (χ3v) is 5.13. The Labute approximate surface area is 149 Å². The molecule has 136 valence electrons. The van der Waals surface area contributed by atoms with Crippen LogP contribution >= 0.6 is 0 Å². The average Bonchev–Trinajstić information content (AvgIpc) is 2.51. The van der Waals surface area contributed by atoms with Crippen LogP contribution in [-0.4, -0.2) is 21.3 Å². The van der Waals surface area contributed by atoms with Crippen molar-refractivity contribution in [2.45, 2.75) is 58.8 Å². The number of aryl methyl sites for hydroxylation is 1. The van der Waals surface area contributed by atoms with E-state index in [-0.39, 0.29) is 28.9 Å². The Morgan fingerprint density at radius 2 is 2.04 bits per heavy atom. The van der Waals surface area contributed by atoms with E-state index in [9.17, 15) is 20.1 Å². The van der Waals surface area contributed by atoms with E-state index in [2.05, 4.69) is 6.58 Å². The SMILES string of the molecule is C=C(C)C1CCC(C)=C[C@H]1c1c(O)cc(CCCC)c(C(=O)O)c1O. The predicted molar refractivity (Wildman–Crippen MR) is 99.4 cm³/mol. The van der Waals surface area contributed by atoms with Gasteiger partial charge in [0.2, 0.25) is 0 Å². The van der Waals surface area contributed by atoms with E-state index in [1.807, 2.05) is 26.8 Å². The van der Waals surface area contributed by atoms with Crippen LogP contribution in [0.15, 0.2) is 29.9 Å². The van der Waals surface area contributed by atoms with Crippen LogP contribution < -0.4 is 0 Å². The van der Waals surface area contributed by atoms with Crippen LogP contribution in [0.5, 0.6) is 11.5 Å². The number of carboxylic acids is 1. The number of allylic oxidation sites excluding steroid dienone is 3. The lowest BCUT2D eigenvalue weighted by atomic mass is 9.73. The van der Waals surface area contributed by atoms with Crippen LogP contribution in [0, 0.1) is 5.92 Å². The first-order chi connectivity index (χ1) is 11.8. The van der Waals surface area contributed by atoms with Crippen LogP contribution in [0.1, 0.15) is 73.9 Å². The molecule has 0 saturated carbocycles. The Hall–Kier alpha value is -2.23. The van der Waals surface area contributed by atoms with Crippen molar-refractivity contribution >= 4 is 5.97 Å². The average molecular weight is 344 g/mol. The third-order valence-electron chi connectivity index (χ3n) is 5.13. The highest BCUT2D eigenvalue weighted by Gasteiger charge is 2.32. The van der Waals surface area contributed by atoms with Gasteiger partial charge < -0.3 is 15.3 Å². The van der Waals surface area contributed by atoms with Crippen molar-refractivity contribution in [2.24, 2.45) is 5.92 Å². The molecule has 1 unspecified atom stereocenters. The molecule has 4 heteroatoms. The summed E-state index contributed by atoms with van der Waals surface area (Å²) in [5, 5.41) is 31.0. The van der Waals surface area contributed by atoms with Crippen molar-refractivity contribution in [3.05, 3.63) is 46.6 Å². The van der Waals surface area contributed by atoms with Crippen molar-refractivity contribution in [1.29, 1.82) is 0 Å². The lowest BCUT2D eigenvalue weighted by Gasteiger charge is -2.32. The van der Waals surface area contributed by atoms with Gasteiger partial charge in [-0.05, 0) is 57.1 Å². The van der Waals surface area contributed by atoms with Crippen LogP contribution in [0.2, 0.25) is 0 Å².